The van der Waals surface area contributed by atoms with E-state index in [1.165, 1.54) is 6.08 Å². The first-order chi connectivity index (χ1) is 14.7. The number of para-hydroxylation sites is 1. The molecule has 0 spiro atoms. The monoisotopic (exact) mass is 481 g/mol. The number of nitrogens with zero attached hydrogens (tertiary/aromatic N) is 2. The third-order valence-corrected chi connectivity index (χ3v) is 4.85. The van der Waals surface area contributed by atoms with Crippen molar-refractivity contribution in [3.8, 4) is 5.69 Å². The molecule has 0 aliphatic rings. The number of anilines is 1. The maximum absolute atomic E-state index is 12.4. The van der Waals surface area contributed by atoms with Crippen molar-refractivity contribution in [2.45, 2.75) is 26.2 Å². The maximum Gasteiger partial charge on any atom is 0.331 e. The molecular weight excluding hydrogens is 458 g/mol. The predicted molar refractivity (Wildman–Crippen MR) is 125 cm³/mol. The number of aromatic nitrogens is 2. The number of benzene rings is 2. The molecule has 0 aliphatic carbocycles. The number of carbonyl (C=O) groups excluding carboxylic acids is 2. The zero-order valence-electron chi connectivity index (χ0n) is 17.6. The van der Waals surface area contributed by atoms with Gasteiger partial charge in [-0.05, 0) is 35.9 Å². The van der Waals surface area contributed by atoms with Crippen molar-refractivity contribution in [1.82, 2.24) is 9.78 Å². The minimum absolute atomic E-state index is 0.191. The number of ether oxygens (including phenoxy) is 1. The van der Waals surface area contributed by atoms with E-state index < -0.39 is 18.5 Å². The maximum atomic E-state index is 12.4. The number of hydrogen-bond donors (Lipinski definition) is 1. The van der Waals surface area contributed by atoms with Crippen molar-refractivity contribution in [2.24, 2.45) is 0 Å². The first kappa shape index (κ1) is 22.5. The van der Waals surface area contributed by atoms with Gasteiger partial charge in [0.05, 0.1) is 11.4 Å². The Hall–Kier alpha value is -3.19. The average molecular weight is 482 g/mol. The molecule has 3 aromatic rings. The fourth-order valence-electron chi connectivity index (χ4n) is 2.74. The van der Waals surface area contributed by atoms with Crippen LogP contribution in [0.1, 0.15) is 32.0 Å². The number of nitrogens with one attached hydrogen (secondary N) is 1. The molecule has 0 aliphatic heterocycles. The van der Waals surface area contributed by atoms with E-state index in [0.29, 0.717) is 5.82 Å². The van der Waals surface area contributed by atoms with E-state index in [-0.39, 0.29) is 5.41 Å². The number of rotatable bonds is 6. The lowest BCUT2D eigenvalue weighted by Crippen LogP contribution is -2.21. The molecule has 7 heteroatoms. The molecule has 31 heavy (non-hydrogen) atoms. The predicted octanol–water partition coefficient (Wildman–Crippen LogP) is 5.13. The largest absolute Gasteiger partial charge is 0.452 e. The van der Waals surface area contributed by atoms with Crippen LogP contribution in [0.2, 0.25) is 0 Å². The summed E-state index contributed by atoms with van der Waals surface area (Å²) in [5, 5.41) is 7.44. The SMILES string of the molecule is CC(C)(C)c1cc(NC(=O)COC(=O)/C=C/c2cccc(Br)c2)n(-c2ccccc2)n1. The summed E-state index contributed by atoms with van der Waals surface area (Å²) in [5.41, 5.74) is 2.31. The van der Waals surface area contributed by atoms with Gasteiger partial charge in [0.2, 0.25) is 0 Å². The number of amides is 1. The van der Waals surface area contributed by atoms with Crippen molar-refractivity contribution in [3.05, 3.63) is 82.5 Å². The highest BCUT2D eigenvalue weighted by molar-refractivity contribution is 9.10. The van der Waals surface area contributed by atoms with Crippen molar-refractivity contribution >= 4 is 39.7 Å². The summed E-state index contributed by atoms with van der Waals surface area (Å²) in [6.45, 7) is 5.76. The van der Waals surface area contributed by atoms with Gasteiger partial charge in [0.15, 0.2) is 6.61 Å². The van der Waals surface area contributed by atoms with Crippen molar-refractivity contribution in [2.75, 3.05) is 11.9 Å². The Kier molecular flexibility index (Phi) is 7.07. The molecule has 0 saturated heterocycles. The Morgan fingerprint density at radius 1 is 1.10 bits per heavy atom. The van der Waals surface area contributed by atoms with E-state index in [2.05, 4.69) is 47.1 Å². The lowest BCUT2D eigenvalue weighted by Gasteiger charge is -2.14. The third kappa shape index (κ3) is 6.39. The Labute approximate surface area is 190 Å². The van der Waals surface area contributed by atoms with Gasteiger partial charge in [-0.15, -0.1) is 0 Å². The summed E-state index contributed by atoms with van der Waals surface area (Å²) in [7, 11) is 0. The first-order valence-electron chi connectivity index (χ1n) is 9.78. The Bertz CT molecular complexity index is 1100. The average Bonchev–Trinajstić information content (AvgIpc) is 3.16. The lowest BCUT2D eigenvalue weighted by molar-refractivity contribution is -0.142. The fourth-order valence-corrected chi connectivity index (χ4v) is 3.16. The quantitative estimate of drug-likeness (QED) is 0.391. The molecule has 0 unspecified atom stereocenters. The van der Waals surface area contributed by atoms with Crippen LogP contribution in [0.4, 0.5) is 5.82 Å². The smallest absolute Gasteiger partial charge is 0.331 e. The van der Waals surface area contributed by atoms with Gasteiger partial charge in [-0.2, -0.15) is 5.10 Å². The van der Waals surface area contributed by atoms with Crippen LogP contribution in [0.3, 0.4) is 0 Å². The van der Waals surface area contributed by atoms with Gasteiger partial charge in [-0.25, -0.2) is 9.48 Å². The molecule has 1 N–H and O–H groups in total. The Morgan fingerprint density at radius 2 is 1.84 bits per heavy atom. The van der Waals surface area contributed by atoms with Crippen molar-refractivity contribution in [3.63, 3.8) is 0 Å². The van der Waals surface area contributed by atoms with Gasteiger partial charge in [-0.1, -0.05) is 67.0 Å². The van der Waals surface area contributed by atoms with Crippen LogP contribution in [-0.4, -0.2) is 28.3 Å². The second kappa shape index (κ2) is 9.75. The molecule has 0 saturated carbocycles. The number of carbonyl (C=O) groups is 2. The molecule has 3 rings (SSSR count). The molecule has 6 nitrogen and oxygen atoms in total. The van der Waals surface area contributed by atoms with E-state index in [4.69, 9.17) is 4.74 Å². The molecular formula is C24H24BrN3O3. The van der Waals surface area contributed by atoms with Crippen LogP contribution < -0.4 is 5.32 Å². The van der Waals surface area contributed by atoms with Gasteiger partial charge < -0.3 is 10.1 Å². The van der Waals surface area contributed by atoms with Crippen LogP contribution in [0.25, 0.3) is 11.8 Å². The van der Waals surface area contributed by atoms with Crippen molar-refractivity contribution < 1.29 is 14.3 Å². The molecule has 0 radical (unpaired) electrons. The minimum atomic E-state index is -0.595. The molecule has 1 amide bonds. The first-order valence-corrected chi connectivity index (χ1v) is 10.6. The van der Waals surface area contributed by atoms with Crippen molar-refractivity contribution in [1.29, 1.82) is 0 Å². The zero-order chi connectivity index (χ0) is 22.4. The van der Waals surface area contributed by atoms with Gasteiger partial charge in [0.25, 0.3) is 5.91 Å². The molecule has 0 bridgehead atoms. The minimum Gasteiger partial charge on any atom is -0.452 e. The normalized spacial score (nSPS) is 11.5. The third-order valence-electron chi connectivity index (χ3n) is 4.35. The van der Waals surface area contributed by atoms with E-state index in [1.54, 1.807) is 10.8 Å². The topological polar surface area (TPSA) is 73.2 Å². The summed E-state index contributed by atoms with van der Waals surface area (Å²) in [5.74, 6) is -0.523. The summed E-state index contributed by atoms with van der Waals surface area (Å²) < 4.78 is 7.65. The Balaban J connectivity index is 1.66. The van der Waals surface area contributed by atoms with E-state index in [0.717, 1.165) is 21.4 Å². The van der Waals surface area contributed by atoms with E-state index in [1.807, 2.05) is 60.7 Å². The summed E-state index contributed by atoms with van der Waals surface area (Å²) >= 11 is 3.38. The number of esters is 1. The Morgan fingerprint density at radius 3 is 2.52 bits per heavy atom. The highest BCUT2D eigenvalue weighted by Gasteiger charge is 2.21. The van der Waals surface area contributed by atoms with Crippen LogP contribution in [0.5, 0.6) is 0 Å². The summed E-state index contributed by atoms with van der Waals surface area (Å²) in [4.78, 5) is 24.4. The molecule has 1 aromatic heterocycles. The molecule has 0 atom stereocenters. The van der Waals surface area contributed by atoms with Gasteiger partial charge in [0.1, 0.15) is 5.82 Å². The van der Waals surface area contributed by atoms with E-state index in [9.17, 15) is 9.59 Å². The van der Waals surface area contributed by atoms with Crippen LogP contribution >= 0.6 is 15.9 Å². The number of halogens is 1. The molecule has 2 aromatic carbocycles. The highest BCUT2D eigenvalue weighted by Crippen LogP contribution is 2.26. The van der Waals surface area contributed by atoms with Gasteiger partial charge >= 0.3 is 5.97 Å². The highest BCUT2D eigenvalue weighted by atomic mass is 79.9. The van der Waals surface area contributed by atoms with Crippen LogP contribution in [0.15, 0.2) is 71.2 Å². The summed E-state index contributed by atoms with van der Waals surface area (Å²) in [6, 6.07) is 18.8. The van der Waals surface area contributed by atoms with Crippen LogP contribution in [0, 0.1) is 0 Å². The lowest BCUT2D eigenvalue weighted by atomic mass is 9.92. The standard InChI is InChI=1S/C24H24BrN3O3/c1-24(2,3)20-15-21(28(27-20)19-10-5-4-6-11-19)26-22(29)16-31-23(30)13-12-17-8-7-9-18(25)14-17/h4-15H,16H2,1-3H3,(H,26,29)/b13-12+. The van der Waals surface area contributed by atoms with Gasteiger partial charge in [0, 0.05) is 22.0 Å². The summed E-state index contributed by atoms with van der Waals surface area (Å²) in [6.07, 6.45) is 2.92. The molecule has 0 fully saturated rings. The van der Waals surface area contributed by atoms with Crippen LogP contribution in [-0.2, 0) is 19.7 Å². The number of hydrogen-bond acceptors (Lipinski definition) is 4. The molecule has 1 heterocycles. The van der Waals surface area contributed by atoms with E-state index >= 15 is 0 Å². The second-order valence-electron chi connectivity index (χ2n) is 7.96. The second-order valence-corrected chi connectivity index (χ2v) is 8.87. The molecule has 160 valence electrons. The van der Waals surface area contributed by atoms with Gasteiger partial charge in [-0.3, -0.25) is 4.79 Å². The zero-order valence-corrected chi connectivity index (χ0v) is 19.2. The fraction of sp³-hybridized carbons (Fsp3) is 0.208.